The van der Waals surface area contributed by atoms with Crippen molar-refractivity contribution in [1.29, 1.82) is 0 Å². The van der Waals surface area contributed by atoms with Crippen molar-refractivity contribution >= 4 is 11.9 Å². The zero-order chi connectivity index (χ0) is 20.6. The molecule has 6 nitrogen and oxygen atoms in total. The molecule has 2 aliphatic rings. The van der Waals surface area contributed by atoms with Crippen molar-refractivity contribution in [3.8, 4) is 5.75 Å². The fourth-order valence-electron chi connectivity index (χ4n) is 4.10. The zero-order valence-electron chi connectivity index (χ0n) is 16.8. The summed E-state index contributed by atoms with van der Waals surface area (Å²) in [6.45, 7) is 3.56. The molecule has 0 aromatic heterocycles. The second-order valence-corrected chi connectivity index (χ2v) is 8.09. The molecule has 0 bridgehead atoms. The summed E-state index contributed by atoms with van der Waals surface area (Å²) in [5.41, 5.74) is 3.28. The highest BCUT2D eigenvalue weighted by Gasteiger charge is 2.49. The number of nitrogens with one attached hydrogen (secondary N) is 1. The molecule has 0 spiro atoms. The van der Waals surface area contributed by atoms with Crippen molar-refractivity contribution < 1.29 is 19.4 Å². The summed E-state index contributed by atoms with van der Waals surface area (Å²) in [5.74, 6) is 0.291. The average Bonchev–Trinajstić information content (AvgIpc) is 3.25. The molecule has 0 radical (unpaired) electrons. The van der Waals surface area contributed by atoms with E-state index in [1.54, 1.807) is 13.0 Å². The lowest BCUT2D eigenvalue weighted by Crippen LogP contribution is -2.42. The molecule has 1 fully saturated rings. The molecule has 1 heterocycles. The highest BCUT2D eigenvalue weighted by atomic mass is 16.5. The largest absolute Gasteiger partial charge is 0.491 e. The number of nitrogens with zero attached hydrogens (tertiary/aromatic N) is 1. The Bertz CT molecular complexity index is 958. The van der Waals surface area contributed by atoms with E-state index in [1.807, 2.05) is 37.3 Å². The van der Waals surface area contributed by atoms with Gasteiger partial charge >= 0.3 is 6.03 Å². The molecular weight excluding hydrogens is 368 g/mol. The van der Waals surface area contributed by atoms with Crippen LogP contribution in [0.2, 0.25) is 0 Å². The van der Waals surface area contributed by atoms with Gasteiger partial charge in [-0.05, 0) is 67.5 Å². The van der Waals surface area contributed by atoms with Gasteiger partial charge in [-0.25, -0.2) is 4.79 Å². The van der Waals surface area contributed by atoms with E-state index in [-0.39, 0.29) is 19.1 Å². The molecule has 1 aliphatic carbocycles. The lowest BCUT2D eigenvalue weighted by Gasteiger charge is -2.24. The number of aliphatic hydroxyl groups is 1. The second kappa shape index (κ2) is 7.52. The van der Waals surface area contributed by atoms with Gasteiger partial charge in [-0.1, -0.05) is 30.3 Å². The third-order valence-electron chi connectivity index (χ3n) is 5.78. The molecular formula is C23H26N2O4. The molecule has 2 aromatic carbocycles. The van der Waals surface area contributed by atoms with E-state index in [4.69, 9.17) is 4.74 Å². The first-order valence-electron chi connectivity index (χ1n) is 10.0. The predicted octanol–water partition coefficient (Wildman–Crippen LogP) is 2.69. The fourth-order valence-corrected chi connectivity index (χ4v) is 4.10. The van der Waals surface area contributed by atoms with Crippen molar-refractivity contribution in [2.45, 2.75) is 44.8 Å². The van der Waals surface area contributed by atoms with Crippen LogP contribution in [0.1, 0.15) is 35.6 Å². The van der Waals surface area contributed by atoms with Crippen molar-refractivity contribution in [2.24, 2.45) is 0 Å². The number of β-amino-alcohol motifs (C(OH)–C–C–N with tert-alkyl or cyclic N) is 1. The van der Waals surface area contributed by atoms with Crippen LogP contribution in [0.15, 0.2) is 42.5 Å². The van der Waals surface area contributed by atoms with Gasteiger partial charge in [0.25, 0.3) is 5.91 Å². The van der Waals surface area contributed by atoms with E-state index in [1.165, 1.54) is 11.1 Å². The number of urea groups is 1. The maximum Gasteiger partial charge on any atom is 0.325 e. The molecule has 4 rings (SSSR count). The molecule has 3 amide bonds. The Balaban J connectivity index is 1.43. The molecule has 2 N–H and O–H groups in total. The van der Waals surface area contributed by atoms with Gasteiger partial charge in [0, 0.05) is 0 Å². The lowest BCUT2D eigenvalue weighted by molar-refractivity contribution is -0.132. The van der Waals surface area contributed by atoms with Crippen LogP contribution in [0.25, 0.3) is 0 Å². The fraction of sp³-hybridized carbons (Fsp3) is 0.391. The van der Waals surface area contributed by atoms with Crippen LogP contribution in [-0.4, -0.2) is 41.2 Å². The number of ether oxygens (including phenoxy) is 1. The highest BCUT2D eigenvalue weighted by Crippen LogP contribution is 2.32. The minimum atomic E-state index is -1.12. The van der Waals surface area contributed by atoms with Gasteiger partial charge < -0.3 is 15.2 Å². The molecule has 1 aliphatic heterocycles. The number of fused-ring (bicyclic) bond motifs is 1. The normalized spacial score (nSPS) is 21.8. The number of benzene rings is 2. The molecule has 152 valence electrons. The Morgan fingerprint density at radius 1 is 1.17 bits per heavy atom. The number of aliphatic hydroxyl groups excluding tert-OH is 1. The molecule has 2 aromatic rings. The maximum atomic E-state index is 13.1. The van der Waals surface area contributed by atoms with Crippen LogP contribution in [-0.2, 0) is 23.2 Å². The van der Waals surface area contributed by atoms with Gasteiger partial charge in [0.1, 0.15) is 24.0 Å². The highest BCUT2D eigenvalue weighted by molar-refractivity contribution is 6.07. The SMILES string of the molecule is Cc1cccc(OC[C@H](O)CN2C(=O)N[C@](C)(c3ccc4c(c3)CCC4)C2=O)c1. The van der Waals surface area contributed by atoms with Crippen LogP contribution in [0.4, 0.5) is 4.79 Å². The van der Waals surface area contributed by atoms with Crippen LogP contribution in [0.3, 0.4) is 0 Å². The Labute approximate surface area is 170 Å². The van der Waals surface area contributed by atoms with Gasteiger partial charge in [0.05, 0.1) is 6.54 Å². The number of carbonyl (C=O) groups is 2. The van der Waals surface area contributed by atoms with Crippen molar-refractivity contribution in [1.82, 2.24) is 10.2 Å². The summed E-state index contributed by atoms with van der Waals surface area (Å²) in [7, 11) is 0. The molecule has 2 atom stereocenters. The molecule has 6 heteroatoms. The van der Waals surface area contributed by atoms with E-state index in [0.717, 1.165) is 35.3 Å². The van der Waals surface area contributed by atoms with Gasteiger partial charge in [0.15, 0.2) is 0 Å². The van der Waals surface area contributed by atoms with Crippen molar-refractivity contribution in [2.75, 3.05) is 13.2 Å². The predicted molar refractivity (Wildman–Crippen MR) is 109 cm³/mol. The second-order valence-electron chi connectivity index (χ2n) is 8.09. The first-order valence-corrected chi connectivity index (χ1v) is 10.0. The first kappa shape index (κ1) is 19.5. The minimum absolute atomic E-state index is 0.00390. The van der Waals surface area contributed by atoms with Gasteiger partial charge in [-0.15, -0.1) is 0 Å². The van der Waals surface area contributed by atoms with Crippen molar-refractivity contribution in [3.63, 3.8) is 0 Å². The van der Waals surface area contributed by atoms with Gasteiger partial charge in [-0.2, -0.15) is 0 Å². The van der Waals surface area contributed by atoms with E-state index < -0.39 is 17.7 Å². The summed E-state index contributed by atoms with van der Waals surface area (Å²) in [4.78, 5) is 26.7. The molecule has 0 saturated carbocycles. The quantitative estimate of drug-likeness (QED) is 0.739. The van der Waals surface area contributed by atoms with E-state index in [9.17, 15) is 14.7 Å². The average molecular weight is 394 g/mol. The van der Waals surface area contributed by atoms with E-state index >= 15 is 0 Å². The number of amides is 3. The molecule has 29 heavy (non-hydrogen) atoms. The number of hydrogen-bond donors (Lipinski definition) is 2. The van der Waals surface area contributed by atoms with Crippen molar-refractivity contribution in [3.05, 3.63) is 64.7 Å². The third kappa shape index (κ3) is 3.72. The number of carbonyl (C=O) groups excluding carboxylic acids is 2. The topological polar surface area (TPSA) is 78.9 Å². The zero-order valence-corrected chi connectivity index (χ0v) is 16.8. The minimum Gasteiger partial charge on any atom is -0.491 e. The number of imide groups is 1. The number of aryl methyl sites for hydroxylation is 3. The van der Waals surface area contributed by atoms with Crippen LogP contribution >= 0.6 is 0 Å². The van der Waals surface area contributed by atoms with Gasteiger partial charge in [0.2, 0.25) is 0 Å². The Morgan fingerprint density at radius 2 is 1.97 bits per heavy atom. The number of rotatable bonds is 6. The monoisotopic (exact) mass is 394 g/mol. The van der Waals surface area contributed by atoms with Crippen LogP contribution < -0.4 is 10.1 Å². The Morgan fingerprint density at radius 3 is 2.76 bits per heavy atom. The van der Waals surface area contributed by atoms with E-state index in [0.29, 0.717) is 5.75 Å². The Kier molecular flexibility index (Phi) is 5.04. The Hall–Kier alpha value is -2.86. The summed E-state index contributed by atoms with van der Waals surface area (Å²) in [6, 6.07) is 13.0. The number of hydrogen-bond acceptors (Lipinski definition) is 4. The van der Waals surface area contributed by atoms with Gasteiger partial charge in [-0.3, -0.25) is 9.69 Å². The summed E-state index contributed by atoms with van der Waals surface area (Å²) < 4.78 is 5.60. The van der Waals surface area contributed by atoms with Crippen LogP contribution in [0, 0.1) is 6.92 Å². The first-order chi connectivity index (χ1) is 13.9. The van der Waals surface area contributed by atoms with E-state index in [2.05, 4.69) is 11.4 Å². The summed E-state index contributed by atoms with van der Waals surface area (Å²) >= 11 is 0. The molecule has 1 saturated heterocycles. The summed E-state index contributed by atoms with van der Waals surface area (Å²) in [6.07, 6.45) is 2.20. The smallest absolute Gasteiger partial charge is 0.325 e. The summed E-state index contributed by atoms with van der Waals surface area (Å²) in [5, 5.41) is 13.2. The van der Waals surface area contributed by atoms with Crippen LogP contribution in [0.5, 0.6) is 5.75 Å². The maximum absolute atomic E-state index is 13.1. The third-order valence-corrected chi connectivity index (χ3v) is 5.78. The standard InChI is InChI=1S/C23H26N2O4/c1-15-5-3-8-20(11-15)29-14-19(26)13-25-21(27)23(2,24-22(25)28)18-10-9-16-6-4-7-17(16)12-18/h3,5,8-12,19,26H,4,6-7,13-14H2,1-2H3,(H,24,28)/t19-,23-/m1/s1. The lowest BCUT2D eigenvalue weighted by atomic mass is 9.89. The molecule has 0 unspecified atom stereocenters.